The second kappa shape index (κ2) is 5.31. The second-order valence-corrected chi connectivity index (χ2v) is 5.56. The molecule has 1 aliphatic carbocycles. The van der Waals surface area contributed by atoms with Gasteiger partial charge in [0, 0.05) is 18.8 Å². The first kappa shape index (κ1) is 11.4. The summed E-state index contributed by atoms with van der Waals surface area (Å²) in [6, 6.07) is 0. The number of ether oxygens (including phenoxy) is 1. The fourth-order valence-corrected chi connectivity index (χ4v) is 2.85. The van der Waals surface area contributed by atoms with Crippen molar-refractivity contribution in [1.82, 2.24) is 5.32 Å². The average Bonchev–Trinajstić information content (AvgIpc) is 2.29. The summed E-state index contributed by atoms with van der Waals surface area (Å²) in [5.74, 6) is 0.859. The molecule has 2 nitrogen and oxygen atoms in total. The molecule has 0 aromatic heterocycles. The normalized spacial score (nSPS) is 27.8. The number of rotatable bonds is 3. The Bertz CT molecular complexity index is 181. The van der Waals surface area contributed by atoms with Crippen LogP contribution in [0.3, 0.4) is 0 Å². The number of hydrogen-bond acceptors (Lipinski definition) is 2. The maximum absolute atomic E-state index is 5.39. The van der Waals surface area contributed by atoms with Crippen LogP contribution in [0.1, 0.15) is 51.9 Å². The van der Waals surface area contributed by atoms with Gasteiger partial charge in [-0.25, -0.2) is 0 Å². The van der Waals surface area contributed by atoms with E-state index >= 15 is 0 Å². The van der Waals surface area contributed by atoms with E-state index in [1.54, 1.807) is 0 Å². The smallest absolute Gasteiger partial charge is 0.0469 e. The zero-order chi connectivity index (χ0) is 10.6. The molecule has 0 atom stereocenters. The van der Waals surface area contributed by atoms with Crippen molar-refractivity contribution in [2.24, 2.45) is 5.92 Å². The van der Waals surface area contributed by atoms with Gasteiger partial charge < -0.3 is 10.1 Å². The van der Waals surface area contributed by atoms with Gasteiger partial charge in [-0.05, 0) is 45.1 Å². The molecular weight excluding hydrogens is 186 g/mol. The van der Waals surface area contributed by atoms with E-state index in [0.717, 1.165) is 19.1 Å². The van der Waals surface area contributed by atoms with Gasteiger partial charge in [-0.3, -0.25) is 0 Å². The predicted molar refractivity (Wildman–Crippen MR) is 63.0 cm³/mol. The van der Waals surface area contributed by atoms with E-state index in [2.05, 4.69) is 12.2 Å². The molecule has 2 rings (SSSR count). The van der Waals surface area contributed by atoms with Crippen LogP contribution in [-0.4, -0.2) is 25.3 Å². The van der Waals surface area contributed by atoms with E-state index in [9.17, 15) is 0 Å². The van der Waals surface area contributed by atoms with Crippen molar-refractivity contribution in [2.45, 2.75) is 57.4 Å². The van der Waals surface area contributed by atoms with Crippen molar-refractivity contribution >= 4 is 0 Å². The zero-order valence-electron chi connectivity index (χ0n) is 10.1. The topological polar surface area (TPSA) is 21.3 Å². The highest BCUT2D eigenvalue weighted by atomic mass is 16.5. The summed E-state index contributed by atoms with van der Waals surface area (Å²) in [5.41, 5.74) is 0.441. The van der Waals surface area contributed by atoms with Crippen molar-refractivity contribution in [1.29, 1.82) is 0 Å². The van der Waals surface area contributed by atoms with Gasteiger partial charge in [-0.2, -0.15) is 0 Å². The van der Waals surface area contributed by atoms with Crippen LogP contribution in [0.5, 0.6) is 0 Å². The third-order valence-electron chi connectivity index (χ3n) is 4.12. The van der Waals surface area contributed by atoms with Gasteiger partial charge in [0.05, 0.1) is 0 Å². The second-order valence-electron chi connectivity index (χ2n) is 5.56. The molecular formula is C13H25NO. The highest BCUT2D eigenvalue weighted by Crippen LogP contribution is 2.28. The summed E-state index contributed by atoms with van der Waals surface area (Å²) in [5, 5.41) is 3.81. The molecule has 0 bridgehead atoms. The molecule has 0 unspecified atom stereocenters. The Morgan fingerprint density at radius 2 is 1.80 bits per heavy atom. The Balaban J connectivity index is 1.70. The van der Waals surface area contributed by atoms with Gasteiger partial charge in [-0.1, -0.05) is 19.3 Å². The first-order valence-corrected chi connectivity index (χ1v) is 6.61. The number of hydrogen-bond donors (Lipinski definition) is 1. The molecule has 88 valence electrons. The maximum atomic E-state index is 5.39. The van der Waals surface area contributed by atoms with Crippen LogP contribution in [0.15, 0.2) is 0 Å². The zero-order valence-corrected chi connectivity index (χ0v) is 10.1. The fourth-order valence-electron chi connectivity index (χ4n) is 2.85. The minimum Gasteiger partial charge on any atom is -0.381 e. The standard InChI is InChI=1S/C13H25NO/c1-13(7-3-2-4-8-13)14-11-12-5-9-15-10-6-12/h12,14H,2-11H2,1H3. The van der Waals surface area contributed by atoms with Crippen LogP contribution in [0.2, 0.25) is 0 Å². The van der Waals surface area contributed by atoms with E-state index in [1.807, 2.05) is 0 Å². The van der Waals surface area contributed by atoms with Crippen LogP contribution in [0.4, 0.5) is 0 Å². The molecule has 0 amide bonds. The van der Waals surface area contributed by atoms with Gasteiger partial charge in [0.25, 0.3) is 0 Å². The SMILES string of the molecule is CC1(NCC2CCOCC2)CCCCC1. The van der Waals surface area contributed by atoms with Gasteiger partial charge in [-0.15, -0.1) is 0 Å². The van der Waals surface area contributed by atoms with Crippen molar-refractivity contribution in [3.8, 4) is 0 Å². The van der Waals surface area contributed by atoms with E-state index in [1.165, 1.54) is 51.5 Å². The number of nitrogens with one attached hydrogen (secondary N) is 1. The van der Waals surface area contributed by atoms with Crippen LogP contribution < -0.4 is 5.32 Å². The van der Waals surface area contributed by atoms with E-state index < -0.39 is 0 Å². The Labute approximate surface area is 93.8 Å². The minimum absolute atomic E-state index is 0.441. The molecule has 1 aliphatic heterocycles. The molecule has 2 aliphatic rings. The summed E-state index contributed by atoms with van der Waals surface area (Å²) >= 11 is 0. The van der Waals surface area contributed by atoms with Gasteiger partial charge in [0.1, 0.15) is 0 Å². The molecule has 1 N–H and O–H groups in total. The summed E-state index contributed by atoms with van der Waals surface area (Å²) < 4.78 is 5.39. The van der Waals surface area contributed by atoms with E-state index in [-0.39, 0.29) is 0 Å². The molecule has 2 fully saturated rings. The first-order chi connectivity index (χ1) is 7.29. The van der Waals surface area contributed by atoms with E-state index in [0.29, 0.717) is 5.54 Å². The lowest BCUT2D eigenvalue weighted by Crippen LogP contribution is -2.46. The summed E-state index contributed by atoms with van der Waals surface area (Å²) in [6.07, 6.45) is 9.52. The molecule has 0 aromatic rings. The molecule has 0 aromatic carbocycles. The quantitative estimate of drug-likeness (QED) is 0.775. The summed E-state index contributed by atoms with van der Waals surface area (Å²) in [7, 11) is 0. The summed E-state index contributed by atoms with van der Waals surface area (Å²) in [4.78, 5) is 0. The Morgan fingerprint density at radius 3 is 2.47 bits per heavy atom. The third kappa shape index (κ3) is 3.46. The van der Waals surface area contributed by atoms with Crippen LogP contribution in [0, 0.1) is 5.92 Å². The highest BCUT2D eigenvalue weighted by molar-refractivity contribution is 4.87. The third-order valence-corrected chi connectivity index (χ3v) is 4.12. The predicted octanol–water partition coefficient (Wildman–Crippen LogP) is 2.73. The van der Waals surface area contributed by atoms with Crippen LogP contribution >= 0.6 is 0 Å². The lowest BCUT2D eigenvalue weighted by Gasteiger charge is -2.36. The summed E-state index contributed by atoms with van der Waals surface area (Å²) in [6.45, 7) is 5.57. The monoisotopic (exact) mass is 211 g/mol. The van der Waals surface area contributed by atoms with Crippen LogP contribution in [-0.2, 0) is 4.74 Å². The van der Waals surface area contributed by atoms with E-state index in [4.69, 9.17) is 4.74 Å². The average molecular weight is 211 g/mol. The molecule has 0 spiro atoms. The van der Waals surface area contributed by atoms with Crippen molar-refractivity contribution in [3.05, 3.63) is 0 Å². The lowest BCUT2D eigenvalue weighted by molar-refractivity contribution is 0.0624. The highest BCUT2D eigenvalue weighted by Gasteiger charge is 2.27. The maximum Gasteiger partial charge on any atom is 0.0469 e. The Kier molecular flexibility index (Phi) is 4.04. The molecule has 2 heteroatoms. The molecule has 0 radical (unpaired) electrons. The van der Waals surface area contributed by atoms with Gasteiger partial charge >= 0.3 is 0 Å². The fraction of sp³-hybridized carbons (Fsp3) is 1.00. The Morgan fingerprint density at radius 1 is 1.13 bits per heavy atom. The van der Waals surface area contributed by atoms with Crippen molar-refractivity contribution in [3.63, 3.8) is 0 Å². The van der Waals surface area contributed by atoms with Gasteiger partial charge in [0.15, 0.2) is 0 Å². The van der Waals surface area contributed by atoms with Crippen molar-refractivity contribution in [2.75, 3.05) is 19.8 Å². The van der Waals surface area contributed by atoms with Crippen LogP contribution in [0.25, 0.3) is 0 Å². The molecule has 1 saturated carbocycles. The minimum atomic E-state index is 0.441. The first-order valence-electron chi connectivity index (χ1n) is 6.61. The lowest BCUT2D eigenvalue weighted by atomic mass is 9.83. The van der Waals surface area contributed by atoms with Crippen molar-refractivity contribution < 1.29 is 4.74 Å². The molecule has 15 heavy (non-hydrogen) atoms. The molecule has 1 saturated heterocycles. The van der Waals surface area contributed by atoms with Gasteiger partial charge in [0.2, 0.25) is 0 Å². The Hall–Kier alpha value is -0.0800. The largest absolute Gasteiger partial charge is 0.381 e. The molecule has 1 heterocycles.